The van der Waals surface area contributed by atoms with Gasteiger partial charge in [-0.05, 0) is 38.4 Å². The first-order valence-electron chi connectivity index (χ1n) is 7.82. The van der Waals surface area contributed by atoms with Crippen molar-refractivity contribution in [3.05, 3.63) is 35.6 Å². The Morgan fingerprint density at radius 2 is 1.86 bits per heavy atom. The maximum absolute atomic E-state index is 14.4. The molecular weight excluding hydrogens is 269 g/mol. The van der Waals surface area contributed by atoms with Gasteiger partial charge in [0.05, 0.1) is 12.0 Å². The number of carbonyl (C=O) groups is 1. The van der Waals surface area contributed by atoms with E-state index < -0.39 is 11.5 Å². The van der Waals surface area contributed by atoms with Gasteiger partial charge in [-0.15, -0.1) is 0 Å². The topological polar surface area (TPSA) is 40.5 Å². The first-order valence-corrected chi connectivity index (χ1v) is 7.82. The Hall–Kier alpha value is -1.42. The number of carboxylic acid groups (broad SMARTS) is 1. The van der Waals surface area contributed by atoms with E-state index in [1.54, 1.807) is 18.2 Å². The van der Waals surface area contributed by atoms with Crippen LogP contribution in [0.25, 0.3) is 0 Å². The van der Waals surface area contributed by atoms with E-state index in [-0.39, 0.29) is 12.2 Å². The molecule has 1 saturated heterocycles. The number of rotatable bonds is 5. The lowest BCUT2D eigenvalue weighted by Crippen LogP contribution is -2.48. The van der Waals surface area contributed by atoms with Crippen molar-refractivity contribution >= 4 is 5.97 Å². The van der Waals surface area contributed by atoms with Crippen LogP contribution in [-0.4, -0.2) is 29.1 Å². The van der Waals surface area contributed by atoms with Gasteiger partial charge in [0.2, 0.25) is 0 Å². The highest BCUT2D eigenvalue weighted by molar-refractivity contribution is 5.69. The van der Waals surface area contributed by atoms with Crippen LogP contribution in [0.5, 0.6) is 0 Å². The first kappa shape index (κ1) is 16.0. The standard InChI is InChI=1S/C17H24FNO2/c1-2-17(13-16(20)21,14-9-5-6-10-15(14)18)19-11-7-3-4-8-12-19/h5-6,9-10H,2-4,7-8,11-13H2,1H3,(H,20,21). The van der Waals surface area contributed by atoms with Crippen molar-refractivity contribution in [3.63, 3.8) is 0 Å². The maximum Gasteiger partial charge on any atom is 0.305 e. The Labute approximate surface area is 125 Å². The Morgan fingerprint density at radius 3 is 2.38 bits per heavy atom. The number of benzene rings is 1. The van der Waals surface area contributed by atoms with Crippen molar-refractivity contribution in [2.24, 2.45) is 0 Å². The van der Waals surface area contributed by atoms with Gasteiger partial charge in [-0.25, -0.2) is 4.39 Å². The predicted molar refractivity (Wildman–Crippen MR) is 80.7 cm³/mol. The molecule has 0 aliphatic carbocycles. The zero-order chi connectivity index (χ0) is 15.3. The van der Waals surface area contributed by atoms with Gasteiger partial charge >= 0.3 is 5.97 Å². The molecule has 1 N–H and O–H groups in total. The molecule has 0 saturated carbocycles. The monoisotopic (exact) mass is 293 g/mol. The van der Waals surface area contributed by atoms with Gasteiger partial charge in [0.15, 0.2) is 0 Å². The van der Waals surface area contributed by atoms with Crippen molar-refractivity contribution in [3.8, 4) is 0 Å². The average molecular weight is 293 g/mol. The molecule has 0 bridgehead atoms. The second kappa shape index (κ2) is 7.03. The van der Waals surface area contributed by atoms with Crippen molar-refractivity contribution in [2.45, 2.75) is 51.0 Å². The van der Waals surface area contributed by atoms with E-state index in [0.717, 1.165) is 25.9 Å². The van der Waals surface area contributed by atoms with Crippen LogP contribution in [0, 0.1) is 5.82 Å². The Morgan fingerprint density at radius 1 is 1.24 bits per heavy atom. The number of likely N-dealkylation sites (tertiary alicyclic amines) is 1. The van der Waals surface area contributed by atoms with Gasteiger partial charge in [0.25, 0.3) is 0 Å². The van der Waals surface area contributed by atoms with Crippen LogP contribution in [0.4, 0.5) is 4.39 Å². The smallest absolute Gasteiger partial charge is 0.305 e. The highest BCUT2D eigenvalue weighted by Crippen LogP contribution is 2.38. The third-order valence-electron chi connectivity index (χ3n) is 4.62. The zero-order valence-corrected chi connectivity index (χ0v) is 12.6. The fourth-order valence-electron chi connectivity index (χ4n) is 3.50. The Bertz CT molecular complexity index is 483. The molecule has 1 aliphatic heterocycles. The highest BCUT2D eigenvalue weighted by Gasteiger charge is 2.40. The van der Waals surface area contributed by atoms with E-state index >= 15 is 0 Å². The molecule has 21 heavy (non-hydrogen) atoms. The number of carboxylic acids is 1. The van der Waals surface area contributed by atoms with Crippen molar-refractivity contribution in [2.75, 3.05) is 13.1 Å². The molecule has 0 aromatic heterocycles. The minimum absolute atomic E-state index is 0.0512. The molecule has 3 nitrogen and oxygen atoms in total. The first-order chi connectivity index (χ1) is 10.1. The quantitative estimate of drug-likeness (QED) is 0.898. The summed E-state index contributed by atoms with van der Waals surface area (Å²) in [4.78, 5) is 13.6. The molecule has 0 spiro atoms. The van der Waals surface area contributed by atoms with Gasteiger partial charge in [-0.3, -0.25) is 9.69 Å². The number of hydrogen-bond acceptors (Lipinski definition) is 2. The lowest BCUT2D eigenvalue weighted by molar-refractivity contribution is -0.141. The second-order valence-corrected chi connectivity index (χ2v) is 5.84. The number of hydrogen-bond donors (Lipinski definition) is 1. The van der Waals surface area contributed by atoms with Gasteiger partial charge in [0, 0.05) is 5.56 Å². The highest BCUT2D eigenvalue weighted by atomic mass is 19.1. The van der Waals surface area contributed by atoms with Crippen LogP contribution in [0.3, 0.4) is 0 Å². The summed E-state index contributed by atoms with van der Waals surface area (Å²) >= 11 is 0. The fraction of sp³-hybridized carbons (Fsp3) is 0.588. The van der Waals surface area contributed by atoms with Crippen molar-refractivity contribution in [1.29, 1.82) is 0 Å². The van der Waals surface area contributed by atoms with Crippen molar-refractivity contribution < 1.29 is 14.3 Å². The molecule has 2 rings (SSSR count). The largest absolute Gasteiger partial charge is 0.481 e. The van der Waals surface area contributed by atoms with Gasteiger partial charge in [0.1, 0.15) is 5.82 Å². The number of halogens is 1. The summed E-state index contributed by atoms with van der Waals surface area (Å²) in [6.45, 7) is 3.64. The number of nitrogens with zero attached hydrogens (tertiary/aromatic N) is 1. The summed E-state index contributed by atoms with van der Waals surface area (Å²) in [5.41, 5.74) is -0.210. The van der Waals surface area contributed by atoms with E-state index in [4.69, 9.17) is 0 Å². The minimum atomic E-state index is -0.871. The molecule has 1 atom stereocenters. The van der Waals surface area contributed by atoms with E-state index in [2.05, 4.69) is 4.90 Å². The van der Waals surface area contributed by atoms with Crippen LogP contribution in [-0.2, 0) is 10.3 Å². The van der Waals surface area contributed by atoms with E-state index in [1.807, 2.05) is 6.92 Å². The van der Waals surface area contributed by atoms with Gasteiger partial charge < -0.3 is 5.11 Å². The van der Waals surface area contributed by atoms with Crippen LogP contribution in [0.1, 0.15) is 51.0 Å². The Balaban J connectivity index is 2.46. The summed E-state index contributed by atoms with van der Waals surface area (Å²) in [5.74, 6) is -1.17. The van der Waals surface area contributed by atoms with Crippen molar-refractivity contribution in [1.82, 2.24) is 4.90 Å². The summed E-state index contributed by atoms with van der Waals surface area (Å²) in [6.07, 6.45) is 4.98. The SMILES string of the molecule is CCC(CC(=O)O)(c1ccccc1F)N1CCCCCC1. The lowest BCUT2D eigenvalue weighted by atomic mass is 9.81. The third-order valence-corrected chi connectivity index (χ3v) is 4.62. The normalized spacial score (nSPS) is 19.7. The molecular formula is C17H24FNO2. The molecule has 0 radical (unpaired) electrons. The maximum atomic E-state index is 14.4. The molecule has 1 aromatic rings. The molecule has 1 heterocycles. The molecule has 4 heteroatoms. The summed E-state index contributed by atoms with van der Waals surface area (Å²) in [5, 5.41) is 9.38. The average Bonchev–Trinajstić information content (AvgIpc) is 2.75. The van der Waals surface area contributed by atoms with Crippen LogP contribution in [0.15, 0.2) is 24.3 Å². The van der Waals surface area contributed by atoms with Crippen LogP contribution >= 0.6 is 0 Å². The summed E-state index contributed by atoms with van der Waals surface area (Å²) in [6, 6.07) is 6.62. The number of aliphatic carboxylic acids is 1. The molecule has 0 amide bonds. The zero-order valence-electron chi connectivity index (χ0n) is 12.6. The van der Waals surface area contributed by atoms with E-state index in [1.165, 1.54) is 18.9 Å². The lowest BCUT2D eigenvalue weighted by Gasteiger charge is -2.43. The minimum Gasteiger partial charge on any atom is -0.481 e. The second-order valence-electron chi connectivity index (χ2n) is 5.84. The Kier molecular flexibility index (Phi) is 5.34. The van der Waals surface area contributed by atoms with Crippen LogP contribution < -0.4 is 0 Å². The molecule has 1 fully saturated rings. The fourth-order valence-corrected chi connectivity index (χ4v) is 3.50. The van der Waals surface area contributed by atoms with E-state index in [0.29, 0.717) is 12.0 Å². The molecule has 1 aromatic carbocycles. The summed E-state index contributed by atoms with van der Waals surface area (Å²) < 4.78 is 14.4. The van der Waals surface area contributed by atoms with E-state index in [9.17, 15) is 14.3 Å². The molecule has 1 aliphatic rings. The van der Waals surface area contributed by atoms with Gasteiger partial charge in [-0.2, -0.15) is 0 Å². The molecule has 1 unspecified atom stereocenters. The molecule has 116 valence electrons. The predicted octanol–water partition coefficient (Wildman–Crippen LogP) is 3.78. The van der Waals surface area contributed by atoms with Crippen LogP contribution in [0.2, 0.25) is 0 Å². The third kappa shape index (κ3) is 3.43. The van der Waals surface area contributed by atoms with Gasteiger partial charge in [-0.1, -0.05) is 38.0 Å². The summed E-state index contributed by atoms with van der Waals surface area (Å²) in [7, 11) is 0.